The van der Waals surface area contributed by atoms with Crippen LogP contribution in [-0.4, -0.2) is 22.5 Å². The Bertz CT molecular complexity index is 964. The van der Waals surface area contributed by atoms with Crippen molar-refractivity contribution in [1.29, 1.82) is 0 Å². The van der Waals surface area contributed by atoms with Crippen molar-refractivity contribution in [3.05, 3.63) is 77.9 Å². The van der Waals surface area contributed by atoms with E-state index in [9.17, 15) is 8.42 Å². The van der Waals surface area contributed by atoms with Crippen LogP contribution in [0.5, 0.6) is 0 Å². The van der Waals surface area contributed by atoms with Crippen LogP contribution in [0.2, 0.25) is 0 Å². The van der Waals surface area contributed by atoms with Crippen molar-refractivity contribution in [2.45, 2.75) is 18.0 Å². The van der Waals surface area contributed by atoms with E-state index in [4.69, 9.17) is 0 Å². The van der Waals surface area contributed by atoms with Crippen molar-refractivity contribution in [1.82, 2.24) is 4.72 Å². The van der Waals surface area contributed by atoms with Crippen LogP contribution in [0, 0.1) is 0 Å². The lowest BCUT2D eigenvalue weighted by molar-refractivity contribution is -0.872. The summed E-state index contributed by atoms with van der Waals surface area (Å²) in [6.07, 6.45) is 0. The van der Waals surface area contributed by atoms with Crippen LogP contribution < -0.4 is 9.62 Å². The molecule has 0 aliphatic heterocycles. The molecule has 0 unspecified atom stereocenters. The topological polar surface area (TPSA) is 50.6 Å². The fourth-order valence-electron chi connectivity index (χ4n) is 2.78. The number of hydrogen-bond acceptors (Lipinski definition) is 2. The minimum atomic E-state index is -3.53. The Morgan fingerprint density at radius 1 is 0.840 bits per heavy atom. The number of rotatable bonds is 6. The summed E-state index contributed by atoms with van der Waals surface area (Å²) >= 11 is 0. The molecule has 0 aliphatic carbocycles. The Morgan fingerprint density at radius 3 is 2.16 bits per heavy atom. The van der Waals surface area contributed by atoms with E-state index in [1.54, 1.807) is 12.1 Å². The van der Waals surface area contributed by atoms with Crippen LogP contribution in [0.3, 0.4) is 0 Å². The molecule has 5 heteroatoms. The molecule has 4 nitrogen and oxygen atoms in total. The van der Waals surface area contributed by atoms with Crippen molar-refractivity contribution < 1.29 is 13.3 Å². The molecule has 0 bridgehead atoms. The van der Waals surface area contributed by atoms with Crippen molar-refractivity contribution >= 4 is 20.8 Å². The monoisotopic (exact) mass is 355 g/mol. The molecule has 2 N–H and O–H groups in total. The molecule has 3 aromatic carbocycles. The van der Waals surface area contributed by atoms with E-state index in [0.29, 0.717) is 4.90 Å². The molecule has 0 atom stereocenters. The summed E-state index contributed by atoms with van der Waals surface area (Å²) in [5, 5.41) is 1.95. The first kappa shape index (κ1) is 17.6. The predicted octanol–water partition coefficient (Wildman–Crippen LogP) is 1.96. The average molecular weight is 355 g/mol. The van der Waals surface area contributed by atoms with Crippen molar-refractivity contribution in [2.24, 2.45) is 0 Å². The maximum atomic E-state index is 12.5. The second-order valence-electron chi connectivity index (χ2n) is 6.53. The Kier molecular flexibility index (Phi) is 5.18. The lowest BCUT2D eigenvalue weighted by Crippen LogP contribution is -3.04. The van der Waals surface area contributed by atoms with Crippen molar-refractivity contribution in [2.75, 3.05) is 14.1 Å². The van der Waals surface area contributed by atoms with E-state index in [0.717, 1.165) is 22.9 Å². The van der Waals surface area contributed by atoms with Crippen molar-refractivity contribution in [3.63, 3.8) is 0 Å². The third-order valence-corrected chi connectivity index (χ3v) is 5.48. The van der Waals surface area contributed by atoms with E-state index >= 15 is 0 Å². The molecule has 3 rings (SSSR count). The van der Waals surface area contributed by atoms with Gasteiger partial charge in [0.05, 0.1) is 19.0 Å². The van der Waals surface area contributed by atoms with Gasteiger partial charge in [-0.05, 0) is 28.5 Å². The van der Waals surface area contributed by atoms with Crippen LogP contribution in [0.4, 0.5) is 0 Å². The van der Waals surface area contributed by atoms with Gasteiger partial charge in [0.2, 0.25) is 10.0 Å². The third-order valence-electron chi connectivity index (χ3n) is 4.08. The Balaban J connectivity index is 1.72. The number of fused-ring (bicyclic) bond motifs is 1. The molecular weight excluding hydrogens is 332 g/mol. The van der Waals surface area contributed by atoms with Crippen LogP contribution in [0.15, 0.2) is 71.6 Å². The molecule has 0 aliphatic rings. The van der Waals surface area contributed by atoms with Gasteiger partial charge in [0.1, 0.15) is 6.54 Å². The summed E-state index contributed by atoms with van der Waals surface area (Å²) in [6, 6.07) is 21.0. The molecule has 25 heavy (non-hydrogen) atoms. The first-order chi connectivity index (χ1) is 11.9. The summed E-state index contributed by atoms with van der Waals surface area (Å²) < 4.78 is 27.8. The summed E-state index contributed by atoms with van der Waals surface area (Å²) in [4.78, 5) is 1.64. The lowest BCUT2D eigenvalue weighted by atomic mass is 10.1. The maximum Gasteiger partial charge on any atom is 0.240 e. The third kappa shape index (κ3) is 4.45. The number of nitrogens with one attached hydrogen (secondary N) is 2. The predicted molar refractivity (Wildman–Crippen MR) is 101 cm³/mol. The van der Waals surface area contributed by atoms with E-state index in [2.05, 4.69) is 18.8 Å². The first-order valence-electron chi connectivity index (χ1n) is 8.29. The Labute approximate surface area is 149 Å². The van der Waals surface area contributed by atoms with E-state index < -0.39 is 10.0 Å². The van der Waals surface area contributed by atoms with Gasteiger partial charge in [0.15, 0.2) is 0 Å². The van der Waals surface area contributed by atoms with Gasteiger partial charge in [-0.1, -0.05) is 54.6 Å². The summed E-state index contributed by atoms with van der Waals surface area (Å²) in [7, 11) is 0.672. The highest BCUT2D eigenvalue weighted by Gasteiger charge is 2.14. The van der Waals surface area contributed by atoms with Gasteiger partial charge >= 0.3 is 0 Å². The molecule has 3 aromatic rings. The Morgan fingerprint density at radius 2 is 1.48 bits per heavy atom. The molecule has 0 aromatic heterocycles. The van der Waals surface area contributed by atoms with Crippen LogP contribution in [0.25, 0.3) is 10.8 Å². The fourth-order valence-corrected chi connectivity index (χ4v) is 3.83. The molecule has 0 heterocycles. The molecule has 0 spiro atoms. The van der Waals surface area contributed by atoms with Crippen molar-refractivity contribution in [3.8, 4) is 0 Å². The molecular formula is C20H23N2O2S+. The second-order valence-corrected chi connectivity index (χ2v) is 8.30. The first-order valence-corrected chi connectivity index (χ1v) is 9.78. The highest BCUT2D eigenvalue weighted by atomic mass is 32.2. The van der Waals surface area contributed by atoms with Crippen LogP contribution in [0.1, 0.15) is 11.1 Å². The maximum absolute atomic E-state index is 12.5. The molecule has 0 amide bonds. The highest BCUT2D eigenvalue weighted by molar-refractivity contribution is 7.89. The zero-order valence-electron chi connectivity index (χ0n) is 14.5. The largest absolute Gasteiger partial charge is 0.336 e. The lowest BCUT2D eigenvalue weighted by Gasteiger charge is -2.10. The molecule has 130 valence electrons. The quantitative estimate of drug-likeness (QED) is 0.710. The standard InChI is InChI=1S/C20H22N2O2S/c1-22(2)15-17-9-7-16(8-10-17)14-21-25(23,24)20-12-11-18-5-3-4-6-19(18)13-20/h3-13,21H,14-15H2,1-2H3/p+1. The SMILES string of the molecule is C[NH+](C)Cc1ccc(CNS(=O)(=O)c2ccc3ccccc3c2)cc1. The van der Waals surface area contributed by atoms with E-state index in [-0.39, 0.29) is 6.54 Å². The van der Waals surface area contributed by atoms with Gasteiger partial charge in [-0.25, -0.2) is 13.1 Å². The molecule has 0 radical (unpaired) electrons. The minimum absolute atomic E-state index is 0.282. The fraction of sp³-hybridized carbons (Fsp3) is 0.200. The summed E-state index contributed by atoms with van der Waals surface area (Å²) in [5.41, 5.74) is 2.18. The van der Waals surface area contributed by atoms with Gasteiger partial charge in [-0.15, -0.1) is 0 Å². The zero-order valence-corrected chi connectivity index (χ0v) is 15.3. The van der Waals surface area contributed by atoms with E-state index in [1.165, 1.54) is 10.5 Å². The van der Waals surface area contributed by atoms with Gasteiger partial charge < -0.3 is 4.90 Å². The highest BCUT2D eigenvalue weighted by Crippen LogP contribution is 2.19. The number of quaternary nitrogens is 1. The number of sulfonamides is 1. The molecule has 0 saturated carbocycles. The van der Waals surface area contributed by atoms with Crippen LogP contribution >= 0.6 is 0 Å². The summed E-state index contributed by atoms with van der Waals surface area (Å²) in [6.45, 7) is 1.23. The zero-order chi connectivity index (χ0) is 17.9. The van der Waals surface area contributed by atoms with Gasteiger partial charge in [0, 0.05) is 12.1 Å². The summed E-state index contributed by atoms with van der Waals surface area (Å²) in [5.74, 6) is 0. The minimum Gasteiger partial charge on any atom is -0.336 e. The van der Waals surface area contributed by atoms with E-state index in [1.807, 2.05) is 54.6 Å². The van der Waals surface area contributed by atoms with Gasteiger partial charge in [-0.2, -0.15) is 0 Å². The number of hydrogen-bond donors (Lipinski definition) is 2. The Hall–Kier alpha value is -2.21. The molecule has 0 saturated heterocycles. The average Bonchev–Trinajstić information content (AvgIpc) is 2.60. The smallest absolute Gasteiger partial charge is 0.240 e. The molecule has 0 fully saturated rings. The second kappa shape index (κ2) is 7.35. The van der Waals surface area contributed by atoms with Gasteiger partial charge in [0.25, 0.3) is 0 Å². The van der Waals surface area contributed by atoms with Gasteiger partial charge in [-0.3, -0.25) is 0 Å². The van der Waals surface area contributed by atoms with Crippen LogP contribution in [-0.2, 0) is 23.1 Å². The normalized spacial score (nSPS) is 12.0. The number of benzene rings is 3.